The molecule has 0 bridgehead atoms. The number of benzene rings is 3. The average molecular weight is 412 g/mol. The Kier molecular flexibility index (Phi) is 5.37. The van der Waals surface area contributed by atoms with Gasteiger partial charge in [0.15, 0.2) is 5.43 Å². The van der Waals surface area contributed by atoms with Gasteiger partial charge in [-0.25, -0.2) is 0 Å². The van der Waals surface area contributed by atoms with Gasteiger partial charge in [0.1, 0.15) is 11.3 Å². The Morgan fingerprint density at radius 1 is 0.839 bits per heavy atom. The van der Waals surface area contributed by atoms with Gasteiger partial charge in [-0.05, 0) is 49.4 Å². The Morgan fingerprint density at radius 3 is 2.26 bits per heavy atom. The van der Waals surface area contributed by atoms with E-state index in [9.17, 15) is 14.4 Å². The number of hydrogen-bond acceptors (Lipinski definition) is 4. The van der Waals surface area contributed by atoms with Crippen LogP contribution >= 0.6 is 0 Å². The molecule has 0 aliphatic carbocycles. The molecule has 0 fully saturated rings. The number of rotatable bonds is 4. The zero-order valence-corrected chi connectivity index (χ0v) is 17.1. The molecule has 0 unspecified atom stereocenters. The Bertz CT molecular complexity index is 1350. The van der Waals surface area contributed by atoms with Crippen LogP contribution in [0.3, 0.4) is 0 Å². The smallest absolute Gasteiger partial charge is 0.255 e. The molecule has 0 saturated heterocycles. The van der Waals surface area contributed by atoms with Crippen molar-refractivity contribution in [2.75, 3.05) is 10.6 Å². The van der Waals surface area contributed by atoms with E-state index >= 15 is 0 Å². The summed E-state index contributed by atoms with van der Waals surface area (Å²) in [5.41, 5.74) is 3.72. The van der Waals surface area contributed by atoms with E-state index in [2.05, 4.69) is 10.6 Å². The molecule has 0 spiro atoms. The van der Waals surface area contributed by atoms with E-state index < -0.39 is 0 Å². The summed E-state index contributed by atoms with van der Waals surface area (Å²) >= 11 is 0. The predicted octanol–water partition coefficient (Wildman–Crippen LogP) is 4.98. The Hall–Kier alpha value is -4.19. The molecule has 0 aliphatic rings. The van der Waals surface area contributed by atoms with Crippen LogP contribution in [0.15, 0.2) is 82.0 Å². The number of carbonyl (C=O) groups excluding carboxylic acids is 2. The highest BCUT2D eigenvalue weighted by atomic mass is 16.3. The van der Waals surface area contributed by atoms with E-state index in [1.807, 2.05) is 13.0 Å². The predicted molar refractivity (Wildman–Crippen MR) is 121 cm³/mol. The number of carbonyl (C=O) groups is 2. The van der Waals surface area contributed by atoms with Crippen LogP contribution in [0.25, 0.3) is 22.3 Å². The summed E-state index contributed by atoms with van der Waals surface area (Å²) in [4.78, 5) is 36.2. The van der Waals surface area contributed by atoms with E-state index in [1.165, 1.54) is 13.0 Å². The first-order valence-electron chi connectivity index (χ1n) is 9.73. The van der Waals surface area contributed by atoms with Crippen LogP contribution in [-0.4, -0.2) is 11.8 Å². The van der Waals surface area contributed by atoms with Crippen LogP contribution in [0, 0.1) is 6.92 Å². The molecule has 0 radical (unpaired) electrons. The summed E-state index contributed by atoms with van der Waals surface area (Å²) < 4.78 is 5.89. The normalized spacial score (nSPS) is 10.6. The SMILES string of the molecule is CC(=O)Nc1cccc(NC(=O)c2ccc(-c3cc(=O)c4cc(C)ccc4o3)cc2)c1. The fourth-order valence-electron chi connectivity index (χ4n) is 3.28. The fraction of sp³-hybridized carbons (Fsp3) is 0.0800. The molecular formula is C25H20N2O4. The highest BCUT2D eigenvalue weighted by Gasteiger charge is 2.10. The standard InChI is InChI=1S/C25H20N2O4/c1-15-6-11-23-21(12-15)22(29)14-24(31-23)17-7-9-18(10-8-17)25(30)27-20-5-3-4-19(13-20)26-16(2)28/h3-14H,1-2H3,(H,26,28)(H,27,30). The van der Waals surface area contributed by atoms with Gasteiger partial charge in [-0.2, -0.15) is 0 Å². The lowest BCUT2D eigenvalue weighted by molar-refractivity contribution is -0.114. The van der Waals surface area contributed by atoms with Gasteiger partial charge >= 0.3 is 0 Å². The Balaban J connectivity index is 1.55. The molecule has 1 heterocycles. The summed E-state index contributed by atoms with van der Waals surface area (Å²) in [6.07, 6.45) is 0. The largest absolute Gasteiger partial charge is 0.456 e. The average Bonchev–Trinajstić information content (AvgIpc) is 2.74. The van der Waals surface area contributed by atoms with Crippen molar-refractivity contribution in [3.05, 3.63) is 94.1 Å². The van der Waals surface area contributed by atoms with Crippen molar-refractivity contribution in [2.45, 2.75) is 13.8 Å². The van der Waals surface area contributed by atoms with Crippen LogP contribution in [0.5, 0.6) is 0 Å². The second-order valence-corrected chi connectivity index (χ2v) is 7.27. The van der Waals surface area contributed by atoms with Crippen molar-refractivity contribution < 1.29 is 14.0 Å². The van der Waals surface area contributed by atoms with Gasteiger partial charge in [-0.3, -0.25) is 14.4 Å². The first kappa shape index (κ1) is 20.1. The molecule has 4 rings (SSSR count). The quantitative estimate of drug-likeness (QED) is 0.495. The third kappa shape index (κ3) is 4.53. The minimum atomic E-state index is -0.290. The van der Waals surface area contributed by atoms with E-state index in [0.29, 0.717) is 39.2 Å². The molecule has 2 N–H and O–H groups in total. The lowest BCUT2D eigenvalue weighted by Gasteiger charge is -2.09. The van der Waals surface area contributed by atoms with E-state index in [-0.39, 0.29) is 17.2 Å². The third-order valence-corrected chi connectivity index (χ3v) is 4.76. The number of fused-ring (bicyclic) bond motifs is 1. The highest BCUT2D eigenvalue weighted by molar-refractivity contribution is 6.05. The number of aryl methyl sites for hydroxylation is 1. The zero-order valence-electron chi connectivity index (χ0n) is 17.1. The molecule has 4 aromatic rings. The van der Waals surface area contributed by atoms with Crippen LogP contribution in [0.2, 0.25) is 0 Å². The van der Waals surface area contributed by atoms with Gasteiger partial charge in [0.2, 0.25) is 5.91 Å². The Labute approximate surface area is 178 Å². The van der Waals surface area contributed by atoms with Crippen LogP contribution in [0.4, 0.5) is 11.4 Å². The fourth-order valence-corrected chi connectivity index (χ4v) is 3.28. The van der Waals surface area contributed by atoms with E-state index in [1.54, 1.807) is 60.7 Å². The number of anilines is 2. The lowest BCUT2D eigenvalue weighted by atomic mass is 10.1. The molecule has 31 heavy (non-hydrogen) atoms. The van der Waals surface area contributed by atoms with Crippen molar-refractivity contribution >= 4 is 34.2 Å². The van der Waals surface area contributed by atoms with E-state index in [0.717, 1.165) is 5.56 Å². The van der Waals surface area contributed by atoms with Crippen LogP contribution < -0.4 is 16.1 Å². The minimum absolute atomic E-state index is 0.110. The second kappa shape index (κ2) is 8.28. The summed E-state index contributed by atoms with van der Waals surface area (Å²) in [5.74, 6) is -0.0344. The Morgan fingerprint density at radius 2 is 1.55 bits per heavy atom. The molecule has 3 aromatic carbocycles. The maximum absolute atomic E-state index is 12.6. The molecule has 0 saturated carbocycles. The minimum Gasteiger partial charge on any atom is -0.456 e. The maximum atomic E-state index is 12.6. The summed E-state index contributed by atoms with van der Waals surface area (Å²) in [7, 11) is 0. The first-order chi connectivity index (χ1) is 14.9. The summed E-state index contributed by atoms with van der Waals surface area (Å²) in [5, 5.41) is 6.03. The molecular weight excluding hydrogens is 392 g/mol. The van der Waals surface area contributed by atoms with Gasteiger partial charge < -0.3 is 15.1 Å². The van der Waals surface area contributed by atoms with Crippen molar-refractivity contribution in [3.8, 4) is 11.3 Å². The van der Waals surface area contributed by atoms with Gasteiger partial charge in [0.25, 0.3) is 5.91 Å². The van der Waals surface area contributed by atoms with Gasteiger partial charge in [-0.1, -0.05) is 29.8 Å². The zero-order chi connectivity index (χ0) is 22.0. The van der Waals surface area contributed by atoms with Gasteiger partial charge in [0.05, 0.1) is 5.39 Å². The first-order valence-corrected chi connectivity index (χ1v) is 9.73. The lowest BCUT2D eigenvalue weighted by Crippen LogP contribution is -2.12. The molecule has 0 atom stereocenters. The number of hydrogen-bond donors (Lipinski definition) is 2. The van der Waals surface area contributed by atoms with Crippen LogP contribution in [0.1, 0.15) is 22.8 Å². The number of nitrogens with one attached hydrogen (secondary N) is 2. The van der Waals surface area contributed by atoms with Gasteiger partial charge in [0, 0.05) is 35.5 Å². The highest BCUT2D eigenvalue weighted by Crippen LogP contribution is 2.23. The molecule has 0 aliphatic heterocycles. The topological polar surface area (TPSA) is 88.4 Å². The van der Waals surface area contributed by atoms with Crippen molar-refractivity contribution in [3.63, 3.8) is 0 Å². The molecule has 154 valence electrons. The van der Waals surface area contributed by atoms with E-state index in [4.69, 9.17) is 4.42 Å². The molecule has 1 aromatic heterocycles. The monoisotopic (exact) mass is 412 g/mol. The van der Waals surface area contributed by atoms with Crippen LogP contribution in [-0.2, 0) is 4.79 Å². The molecule has 2 amide bonds. The number of amides is 2. The molecule has 6 nitrogen and oxygen atoms in total. The summed E-state index contributed by atoms with van der Waals surface area (Å²) in [6.45, 7) is 3.35. The molecule has 6 heteroatoms. The van der Waals surface area contributed by atoms with Crippen molar-refractivity contribution in [1.29, 1.82) is 0 Å². The maximum Gasteiger partial charge on any atom is 0.255 e. The third-order valence-electron chi connectivity index (χ3n) is 4.76. The second-order valence-electron chi connectivity index (χ2n) is 7.27. The summed E-state index contributed by atoms with van der Waals surface area (Å²) in [6, 6.07) is 20.7. The van der Waals surface area contributed by atoms with Crippen molar-refractivity contribution in [1.82, 2.24) is 0 Å². The van der Waals surface area contributed by atoms with Gasteiger partial charge in [-0.15, -0.1) is 0 Å². The van der Waals surface area contributed by atoms with Crippen molar-refractivity contribution in [2.24, 2.45) is 0 Å².